The van der Waals surface area contributed by atoms with E-state index in [9.17, 15) is 0 Å². The molecule has 20 heavy (non-hydrogen) atoms. The summed E-state index contributed by atoms with van der Waals surface area (Å²) in [5, 5.41) is 0. The smallest absolute Gasteiger partial charge is 0.0312 e. The Morgan fingerprint density at radius 1 is 0.250 bits per heavy atom. The SMILES string of the molecule is C1C2C3C4CC5C6C1C1C2C2C3C3C4C5C4C6C1C2C34. The van der Waals surface area contributed by atoms with E-state index in [1.54, 1.807) is 12.8 Å². The molecule has 102 valence electrons. The highest BCUT2D eigenvalue weighted by Crippen LogP contribution is 2.96. The zero-order valence-electron chi connectivity index (χ0n) is 11.8. The maximum atomic E-state index is 1.76. The number of hydrogen-bond donors (Lipinski definition) is 0. The molecule has 0 aromatic carbocycles. The third kappa shape index (κ3) is 0.446. The first-order valence-electron chi connectivity index (χ1n) is 9.97. The van der Waals surface area contributed by atoms with Gasteiger partial charge in [0.05, 0.1) is 0 Å². The molecule has 0 bridgehead atoms. The second-order valence-electron chi connectivity index (χ2n) is 11.2. The van der Waals surface area contributed by atoms with E-state index in [4.69, 9.17) is 0 Å². The van der Waals surface area contributed by atoms with E-state index in [0.717, 1.165) is 0 Å². The maximum absolute atomic E-state index is 1.76. The Labute approximate surface area is 120 Å². The van der Waals surface area contributed by atoms with Gasteiger partial charge in [0.2, 0.25) is 0 Å². The highest BCUT2D eigenvalue weighted by molar-refractivity contribution is 5.39. The molecule has 0 aromatic heterocycles. The van der Waals surface area contributed by atoms with Crippen molar-refractivity contribution in [2.24, 2.45) is 107 Å². The van der Waals surface area contributed by atoms with E-state index < -0.39 is 0 Å². The average molecular weight is 262 g/mol. The van der Waals surface area contributed by atoms with Crippen molar-refractivity contribution in [3.05, 3.63) is 0 Å². The summed E-state index contributed by atoms with van der Waals surface area (Å²) in [5.74, 6) is 23.5. The summed E-state index contributed by atoms with van der Waals surface area (Å²) in [5.41, 5.74) is 0. The summed E-state index contributed by atoms with van der Waals surface area (Å²) in [6, 6.07) is 0. The fourth-order valence-electron chi connectivity index (χ4n) is 14.2. The van der Waals surface area contributed by atoms with Crippen molar-refractivity contribution in [1.29, 1.82) is 0 Å². The first-order valence-corrected chi connectivity index (χ1v) is 9.97. The highest BCUT2D eigenvalue weighted by atomic mass is 15.0. The molecular weight excluding hydrogens is 240 g/mol. The fourth-order valence-corrected chi connectivity index (χ4v) is 14.2. The number of fused-ring (bicyclic) bond motifs is 4. The van der Waals surface area contributed by atoms with Crippen LogP contribution in [-0.4, -0.2) is 0 Å². The van der Waals surface area contributed by atoms with E-state index in [-0.39, 0.29) is 0 Å². The van der Waals surface area contributed by atoms with E-state index >= 15 is 0 Å². The molecule has 0 nitrogen and oxygen atoms in total. The Morgan fingerprint density at radius 3 is 0.850 bits per heavy atom. The van der Waals surface area contributed by atoms with Gasteiger partial charge >= 0.3 is 0 Å². The van der Waals surface area contributed by atoms with Gasteiger partial charge in [0.15, 0.2) is 0 Å². The monoisotopic (exact) mass is 262 g/mol. The summed E-state index contributed by atoms with van der Waals surface area (Å²) in [6.45, 7) is 0. The summed E-state index contributed by atoms with van der Waals surface area (Å²) < 4.78 is 0. The molecule has 0 aromatic rings. The molecular formula is C20H22. The second kappa shape index (κ2) is 1.96. The Morgan fingerprint density at radius 2 is 0.500 bits per heavy atom. The number of hydrogen-bond acceptors (Lipinski definition) is 0. The van der Waals surface area contributed by atoms with Crippen molar-refractivity contribution in [1.82, 2.24) is 0 Å². The van der Waals surface area contributed by atoms with Gasteiger partial charge in [0.25, 0.3) is 0 Å². The van der Waals surface area contributed by atoms with Crippen LogP contribution in [-0.2, 0) is 0 Å². The van der Waals surface area contributed by atoms with Crippen LogP contribution in [0.25, 0.3) is 0 Å². The second-order valence-corrected chi connectivity index (χ2v) is 11.2. The van der Waals surface area contributed by atoms with Crippen molar-refractivity contribution in [2.75, 3.05) is 0 Å². The first-order chi connectivity index (χ1) is 9.97. The minimum Gasteiger partial charge on any atom is -0.0464 e. The van der Waals surface area contributed by atoms with Crippen LogP contribution in [0.2, 0.25) is 0 Å². The van der Waals surface area contributed by atoms with Crippen molar-refractivity contribution in [3.8, 4) is 0 Å². The van der Waals surface area contributed by atoms with Crippen molar-refractivity contribution >= 4 is 0 Å². The van der Waals surface area contributed by atoms with Crippen LogP contribution in [0.4, 0.5) is 0 Å². The Kier molecular flexibility index (Phi) is 0.843. The quantitative estimate of drug-likeness (QED) is 0.629. The first kappa shape index (κ1) is 8.59. The molecule has 12 unspecified atom stereocenters. The van der Waals surface area contributed by atoms with Crippen LogP contribution in [0.15, 0.2) is 0 Å². The molecule has 0 saturated heterocycles. The van der Waals surface area contributed by atoms with Crippen LogP contribution in [0, 0.1) is 107 Å². The third-order valence-corrected chi connectivity index (χ3v) is 12.6. The van der Waals surface area contributed by atoms with Gasteiger partial charge in [-0.1, -0.05) is 0 Å². The highest BCUT2D eigenvalue weighted by Gasteiger charge is 2.92. The van der Waals surface area contributed by atoms with E-state index in [1.807, 2.05) is 0 Å². The van der Waals surface area contributed by atoms with Gasteiger partial charge in [-0.05, 0) is 119 Å². The maximum Gasteiger partial charge on any atom is -0.0312 e. The molecule has 12 atom stereocenters. The molecule has 10 fully saturated rings. The molecule has 0 N–H and O–H groups in total. The zero-order valence-corrected chi connectivity index (χ0v) is 11.8. The van der Waals surface area contributed by atoms with Gasteiger partial charge < -0.3 is 0 Å². The molecule has 0 amide bonds. The lowest BCUT2D eigenvalue weighted by molar-refractivity contribution is 0.133. The average Bonchev–Trinajstić information content (AvgIpc) is 3.11. The van der Waals surface area contributed by atoms with Crippen LogP contribution < -0.4 is 0 Å². The van der Waals surface area contributed by atoms with Crippen molar-refractivity contribution in [2.45, 2.75) is 12.8 Å². The number of rotatable bonds is 0. The predicted molar refractivity (Wildman–Crippen MR) is 72.1 cm³/mol. The minimum absolute atomic E-state index is 1.28. The summed E-state index contributed by atoms with van der Waals surface area (Å²) in [6.07, 6.45) is 3.52. The van der Waals surface area contributed by atoms with Crippen LogP contribution in [0.5, 0.6) is 0 Å². The van der Waals surface area contributed by atoms with Crippen LogP contribution >= 0.6 is 0 Å². The Balaban J connectivity index is 1.50. The molecule has 10 aliphatic rings. The van der Waals surface area contributed by atoms with E-state index in [2.05, 4.69) is 0 Å². The Hall–Kier alpha value is 0. The lowest BCUT2D eigenvalue weighted by atomic mass is 9.70. The largest absolute Gasteiger partial charge is 0.0464 e. The lowest BCUT2D eigenvalue weighted by Crippen LogP contribution is -2.29. The fraction of sp³-hybridized carbons (Fsp3) is 1.00. The molecule has 0 radical (unpaired) electrons. The standard InChI is InChI=1S/C20H22/c1-3-7-5-2-6-8-4(1)10-9(3)15-13(7)17-11(5)12(6)18-14(8)16(10)19(15)20(17)18/h3-20H,1-2H2. The van der Waals surface area contributed by atoms with Gasteiger partial charge in [-0.25, -0.2) is 0 Å². The molecule has 10 saturated carbocycles. The molecule has 0 heterocycles. The summed E-state index contributed by atoms with van der Waals surface area (Å²) in [7, 11) is 0. The van der Waals surface area contributed by atoms with Gasteiger partial charge in [-0.2, -0.15) is 0 Å². The van der Waals surface area contributed by atoms with Gasteiger partial charge in [-0.3, -0.25) is 0 Å². The van der Waals surface area contributed by atoms with Crippen molar-refractivity contribution in [3.63, 3.8) is 0 Å². The van der Waals surface area contributed by atoms with Crippen molar-refractivity contribution < 1.29 is 0 Å². The van der Waals surface area contributed by atoms with Gasteiger partial charge in [0, 0.05) is 0 Å². The third-order valence-electron chi connectivity index (χ3n) is 12.6. The summed E-state index contributed by atoms with van der Waals surface area (Å²) in [4.78, 5) is 0. The topological polar surface area (TPSA) is 0 Å². The normalized spacial score (nSPS) is 99.6. The Bertz CT molecular complexity index is 502. The van der Waals surface area contributed by atoms with Crippen LogP contribution in [0.1, 0.15) is 12.8 Å². The van der Waals surface area contributed by atoms with E-state index in [0.29, 0.717) is 0 Å². The summed E-state index contributed by atoms with van der Waals surface area (Å²) >= 11 is 0. The molecule has 0 aliphatic heterocycles. The van der Waals surface area contributed by atoms with E-state index in [1.165, 1.54) is 107 Å². The molecule has 10 aliphatic carbocycles. The van der Waals surface area contributed by atoms with Gasteiger partial charge in [0.1, 0.15) is 0 Å². The molecule has 0 spiro atoms. The zero-order chi connectivity index (χ0) is 11.8. The molecule has 0 heteroatoms. The van der Waals surface area contributed by atoms with Crippen LogP contribution in [0.3, 0.4) is 0 Å². The van der Waals surface area contributed by atoms with Gasteiger partial charge in [-0.15, -0.1) is 0 Å². The molecule has 10 rings (SSSR count). The minimum atomic E-state index is 1.28. The predicted octanol–water partition coefficient (Wildman–Crippen LogP) is 2.99. The lowest BCUT2D eigenvalue weighted by Gasteiger charge is -2.34.